The van der Waals surface area contributed by atoms with Gasteiger partial charge in [0.15, 0.2) is 0 Å². The molecule has 0 aromatic heterocycles. The lowest BCUT2D eigenvalue weighted by atomic mass is 9.96. The van der Waals surface area contributed by atoms with Crippen LogP contribution in [0.3, 0.4) is 0 Å². The zero-order valence-corrected chi connectivity index (χ0v) is 11.7. The Hall–Kier alpha value is -0.540. The molecule has 0 aliphatic rings. The molecule has 1 aromatic carbocycles. The minimum Gasteiger partial charge on any atom is -0.316 e. The van der Waals surface area contributed by atoms with Crippen molar-refractivity contribution >= 4 is 11.8 Å². The van der Waals surface area contributed by atoms with E-state index in [0.29, 0.717) is 12.0 Å². The minimum atomic E-state index is -0.167. The molecule has 1 N–H and O–H groups in total. The summed E-state index contributed by atoms with van der Waals surface area (Å²) >= 11 is 1.79. The molecule has 1 aromatic rings. The highest BCUT2D eigenvalue weighted by Crippen LogP contribution is 2.23. The van der Waals surface area contributed by atoms with Gasteiger partial charge in [0.2, 0.25) is 0 Å². The summed E-state index contributed by atoms with van der Waals surface area (Å²) in [5, 5.41) is 3.39. The zero-order valence-electron chi connectivity index (χ0n) is 10.9. The molecule has 1 unspecified atom stereocenters. The predicted molar refractivity (Wildman–Crippen MR) is 74.0 cm³/mol. The van der Waals surface area contributed by atoms with E-state index in [0.717, 1.165) is 10.6 Å². The van der Waals surface area contributed by atoms with Crippen LogP contribution in [-0.4, -0.2) is 18.8 Å². The summed E-state index contributed by atoms with van der Waals surface area (Å²) in [5.74, 6) is 1.58. The second-order valence-corrected chi connectivity index (χ2v) is 5.33. The van der Waals surface area contributed by atoms with Gasteiger partial charge in [-0.15, -0.1) is 11.8 Å². The third-order valence-electron chi connectivity index (χ3n) is 3.23. The Morgan fingerprint density at radius 2 is 1.76 bits per heavy atom. The first kappa shape index (κ1) is 14.5. The fraction of sp³-hybridized carbons (Fsp3) is 0.571. The smallest absolute Gasteiger partial charge is 0.123 e. The number of benzene rings is 1. The fourth-order valence-corrected chi connectivity index (χ4v) is 3.17. The summed E-state index contributed by atoms with van der Waals surface area (Å²) in [4.78, 5) is 1.14. The van der Waals surface area contributed by atoms with Crippen LogP contribution in [0.2, 0.25) is 0 Å². The van der Waals surface area contributed by atoms with Crippen LogP contribution in [0.25, 0.3) is 0 Å². The number of halogens is 1. The Labute approximate surface area is 108 Å². The molecular formula is C14H22FNS. The number of hydrogen-bond acceptors (Lipinski definition) is 2. The lowest BCUT2D eigenvalue weighted by Gasteiger charge is -2.24. The highest BCUT2D eigenvalue weighted by atomic mass is 32.2. The molecule has 1 nitrogen and oxygen atoms in total. The zero-order chi connectivity index (χ0) is 12.7. The molecule has 0 saturated heterocycles. The quantitative estimate of drug-likeness (QED) is 0.741. The van der Waals surface area contributed by atoms with Gasteiger partial charge in [-0.3, -0.25) is 0 Å². The highest BCUT2D eigenvalue weighted by molar-refractivity contribution is 7.99. The lowest BCUT2D eigenvalue weighted by molar-refractivity contribution is 0.378. The van der Waals surface area contributed by atoms with Crippen molar-refractivity contribution in [3.8, 4) is 0 Å². The lowest BCUT2D eigenvalue weighted by Crippen LogP contribution is -2.35. The second kappa shape index (κ2) is 7.72. The highest BCUT2D eigenvalue weighted by Gasteiger charge is 2.16. The van der Waals surface area contributed by atoms with Crippen molar-refractivity contribution in [2.24, 2.45) is 5.92 Å². The van der Waals surface area contributed by atoms with E-state index in [1.54, 1.807) is 11.8 Å². The van der Waals surface area contributed by atoms with Gasteiger partial charge in [0.1, 0.15) is 5.82 Å². The molecule has 3 heteroatoms. The van der Waals surface area contributed by atoms with Crippen LogP contribution < -0.4 is 5.32 Å². The van der Waals surface area contributed by atoms with Gasteiger partial charge in [-0.2, -0.15) is 0 Å². The number of thioether (sulfide) groups is 1. The minimum absolute atomic E-state index is 0.167. The normalized spacial score (nSPS) is 13.0. The molecule has 1 rings (SSSR count). The van der Waals surface area contributed by atoms with Crippen molar-refractivity contribution < 1.29 is 4.39 Å². The van der Waals surface area contributed by atoms with Gasteiger partial charge in [0, 0.05) is 16.7 Å². The van der Waals surface area contributed by atoms with E-state index in [1.807, 2.05) is 19.2 Å². The van der Waals surface area contributed by atoms with Crippen LogP contribution in [0.15, 0.2) is 29.2 Å². The largest absolute Gasteiger partial charge is 0.316 e. The van der Waals surface area contributed by atoms with E-state index < -0.39 is 0 Å². The van der Waals surface area contributed by atoms with Gasteiger partial charge in [0.25, 0.3) is 0 Å². The maximum absolute atomic E-state index is 12.8. The van der Waals surface area contributed by atoms with Gasteiger partial charge in [-0.1, -0.05) is 26.7 Å². The number of hydrogen-bond donors (Lipinski definition) is 1. The Morgan fingerprint density at radius 1 is 1.18 bits per heavy atom. The fourth-order valence-electron chi connectivity index (χ4n) is 2.03. The van der Waals surface area contributed by atoms with E-state index in [4.69, 9.17) is 0 Å². The van der Waals surface area contributed by atoms with Gasteiger partial charge < -0.3 is 5.32 Å². The first-order valence-electron chi connectivity index (χ1n) is 6.26. The average molecular weight is 255 g/mol. The van der Waals surface area contributed by atoms with Crippen LogP contribution in [0, 0.1) is 11.7 Å². The summed E-state index contributed by atoms with van der Waals surface area (Å²) in [5.41, 5.74) is 0. The maximum Gasteiger partial charge on any atom is 0.123 e. The summed E-state index contributed by atoms with van der Waals surface area (Å²) in [6.45, 7) is 4.47. The average Bonchev–Trinajstić information content (AvgIpc) is 2.36. The summed E-state index contributed by atoms with van der Waals surface area (Å²) in [6.07, 6.45) is 2.40. The number of nitrogens with one attached hydrogen (secondary N) is 1. The SMILES string of the molecule is CCC(CC)C(CSc1ccc(F)cc1)NC. The summed E-state index contributed by atoms with van der Waals surface area (Å²) in [6, 6.07) is 7.26. The first-order chi connectivity index (χ1) is 8.21. The van der Waals surface area contributed by atoms with Crippen LogP contribution in [-0.2, 0) is 0 Å². The number of rotatable bonds is 7. The van der Waals surface area contributed by atoms with Crippen molar-refractivity contribution in [2.45, 2.75) is 37.6 Å². The van der Waals surface area contributed by atoms with Crippen molar-refractivity contribution in [1.29, 1.82) is 0 Å². The predicted octanol–water partition coefficient (Wildman–Crippen LogP) is 3.94. The molecule has 0 radical (unpaired) electrons. The van der Waals surface area contributed by atoms with Crippen LogP contribution in [0.5, 0.6) is 0 Å². The van der Waals surface area contributed by atoms with Crippen LogP contribution in [0.4, 0.5) is 4.39 Å². The summed E-state index contributed by atoms with van der Waals surface area (Å²) < 4.78 is 12.8. The van der Waals surface area contributed by atoms with Gasteiger partial charge >= 0.3 is 0 Å². The van der Waals surface area contributed by atoms with Crippen molar-refractivity contribution in [3.63, 3.8) is 0 Å². The van der Waals surface area contributed by atoms with Crippen molar-refractivity contribution in [1.82, 2.24) is 5.32 Å². The molecule has 0 aliphatic heterocycles. The molecule has 0 saturated carbocycles. The molecule has 17 heavy (non-hydrogen) atoms. The topological polar surface area (TPSA) is 12.0 Å². The van der Waals surface area contributed by atoms with Crippen molar-refractivity contribution in [2.75, 3.05) is 12.8 Å². The van der Waals surface area contributed by atoms with E-state index in [1.165, 1.54) is 25.0 Å². The molecule has 0 spiro atoms. The Balaban J connectivity index is 2.49. The standard InChI is InChI=1S/C14H22FNS/c1-4-11(5-2)14(16-3)10-17-13-8-6-12(15)7-9-13/h6-9,11,14,16H,4-5,10H2,1-3H3. The molecule has 0 bridgehead atoms. The molecule has 96 valence electrons. The molecule has 0 aliphatic carbocycles. The Bertz CT molecular complexity index is 309. The van der Waals surface area contributed by atoms with Gasteiger partial charge in [-0.25, -0.2) is 4.39 Å². The van der Waals surface area contributed by atoms with Gasteiger partial charge in [0.05, 0.1) is 0 Å². The van der Waals surface area contributed by atoms with Gasteiger partial charge in [-0.05, 0) is 37.2 Å². The molecule has 1 atom stereocenters. The molecule has 0 fully saturated rings. The van der Waals surface area contributed by atoms with E-state index in [9.17, 15) is 4.39 Å². The van der Waals surface area contributed by atoms with E-state index in [2.05, 4.69) is 19.2 Å². The monoisotopic (exact) mass is 255 g/mol. The molecule has 0 heterocycles. The van der Waals surface area contributed by atoms with Crippen LogP contribution >= 0.6 is 11.8 Å². The molecular weight excluding hydrogens is 233 g/mol. The maximum atomic E-state index is 12.8. The summed E-state index contributed by atoms with van der Waals surface area (Å²) in [7, 11) is 2.02. The Morgan fingerprint density at radius 3 is 2.24 bits per heavy atom. The van der Waals surface area contributed by atoms with E-state index >= 15 is 0 Å². The molecule has 0 amide bonds. The Kier molecular flexibility index (Phi) is 6.60. The first-order valence-corrected chi connectivity index (χ1v) is 7.25. The third kappa shape index (κ3) is 4.68. The van der Waals surface area contributed by atoms with E-state index in [-0.39, 0.29) is 5.82 Å². The third-order valence-corrected chi connectivity index (χ3v) is 4.36. The van der Waals surface area contributed by atoms with Crippen LogP contribution in [0.1, 0.15) is 26.7 Å². The second-order valence-electron chi connectivity index (χ2n) is 4.24. The van der Waals surface area contributed by atoms with Crippen molar-refractivity contribution in [3.05, 3.63) is 30.1 Å².